The maximum atomic E-state index is 14.2. The van der Waals surface area contributed by atoms with Crippen LogP contribution in [0, 0.1) is 0 Å². The molecule has 1 atom stereocenters. The molecule has 0 radical (unpaired) electrons. The van der Waals surface area contributed by atoms with Crippen molar-refractivity contribution < 1.29 is 9.59 Å². The molecule has 1 aromatic heterocycles. The van der Waals surface area contributed by atoms with Gasteiger partial charge in [0.15, 0.2) is 5.54 Å². The van der Waals surface area contributed by atoms with E-state index in [-0.39, 0.29) is 24.2 Å². The van der Waals surface area contributed by atoms with E-state index in [2.05, 4.69) is 34.7 Å². The number of β-lactam (4-membered cyclic amide) rings is 1. The first-order valence-electron chi connectivity index (χ1n) is 15.7. The minimum atomic E-state index is -1.31. The Labute approximate surface area is 299 Å². The maximum Gasteiger partial charge on any atom is 0.252 e. The number of halogens is 4. The zero-order chi connectivity index (χ0) is 33.7. The number of hydrogen-bond acceptors (Lipinski definition) is 4. The van der Waals surface area contributed by atoms with Crippen molar-refractivity contribution in [3.8, 4) is 0 Å². The number of likely N-dealkylation sites (tertiary alicyclic amines) is 1. The van der Waals surface area contributed by atoms with E-state index in [1.54, 1.807) is 40.2 Å². The maximum absolute atomic E-state index is 14.2. The summed E-state index contributed by atoms with van der Waals surface area (Å²) in [4.78, 5) is 30.8. The van der Waals surface area contributed by atoms with Gasteiger partial charge in [-0.1, -0.05) is 119 Å². The van der Waals surface area contributed by atoms with Crippen molar-refractivity contribution >= 4 is 58.2 Å². The Morgan fingerprint density at radius 1 is 0.792 bits per heavy atom. The van der Waals surface area contributed by atoms with Crippen LogP contribution < -0.4 is 5.32 Å². The Balaban J connectivity index is 1.25. The number of hydrogen-bond donors (Lipinski definition) is 1. The Morgan fingerprint density at radius 2 is 1.38 bits per heavy atom. The molecule has 1 unspecified atom stereocenters. The highest BCUT2D eigenvalue weighted by Crippen LogP contribution is 2.42. The van der Waals surface area contributed by atoms with Gasteiger partial charge in [0.2, 0.25) is 5.91 Å². The van der Waals surface area contributed by atoms with Crippen LogP contribution in [0.15, 0.2) is 103 Å². The van der Waals surface area contributed by atoms with Gasteiger partial charge in [-0.3, -0.25) is 9.59 Å². The number of carbonyl (C=O) groups is 2. The first kappa shape index (κ1) is 34.0. The van der Waals surface area contributed by atoms with Crippen LogP contribution in [0.3, 0.4) is 0 Å². The fourth-order valence-corrected chi connectivity index (χ4v) is 7.28. The van der Waals surface area contributed by atoms with E-state index < -0.39 is 5.54 Å². The molecule has 4 aromatic carbocycles. The molecule has 1 aliphatic heterocycles. The molecule has 2 amide bonds. The standard InChI is InChI=1S/C37H33Cl4N5O2/c38-29-13-11-27(32(40)21-29)15-18-42-36(48)37(34-24-43-46(44-34)20-16-28-12-14-30(39)22-33(28)41)23-35(47)45(37)19-17-31(25-7-3-1-4-8-25)26-9-5-2-6-10-26/h1-14,21-22,24,31H,15-20,23H2,(H,42,48). The summed E-state index contributed by atoms with van der Waals surface area (Å²) in [6.07, 6.45) is 3.24. The van der Waals surface area contributed by atoms with E-state index in [1.165, 1.54) is 0 Å². The van der Waals surface area contributed by atoms with Gasteiger partial charge in [-0.25, -0.2) is 0 Å². The van der Waals surface area contributed by atoms with Crippen molar-refractivity contribution in [2.24, 2.45) is 0 Å². The molecule has 1 N–H and O–H groups in total. The predicted octanol–water partition coefficient (Wildman–Crippen LogP) is 8.14. The molecular weight excluding hydrogens is 688 g/mol. The molecule has 1 saturated heterocycles. The van der Waals surface area contributed by atoms with Crippen molar-refractivity contribution in [1.82, 2.24) is 25.2 Å². The first-order valence-corrected chi connectivity index (χ1v) is 17.2. The van der Waals surface area contributed by atoms with Crippen molar-refractivity contribution in [1.29, 1.82) is 0 Å². The number of amides is 2. The SMILES string of the molecule is O=C1CC(C(=O)NCCc2ccc(Cl)cc2Cl)(c2cnn(CCc3ccc(Cl)cc3Cl)n2)N1CCC(c1ccccc1)c1ccccc1. The van der Waals surface area contributed by atoms with Gasteiger partial charge in [0.05, 0.1) is 19.2 Å². The van der Waals surface area contributed by atoms with Crippen molar-refractivity contribution in [2.45, 2.75) is 43.7 Å². The number of aryl methyl sites for hydroxylation is 2. The van der Waals surface area contributed by atoms with Crippen molar-refractivity contribution in [2.75, 3.05) is 13.1 Å². The van der Waals surface area contributed by atoms with Crippen LogP contribution >= 0.6 is 46.4 Å². The van der Waals surface area contributed by atoms with Gasteiger partial charge in [-0.2, -0.15) is 15.0 Å². The normalized spacial score (nSPS) is 15.9. The van der Waals surface area contributed by atoms with E-state index in [1.807, 2.05) is 48.5 Å². The number of carbonyl (C=O) groups excluding carboxylic acids is 2. The van der Waals surface area contributed by atoms with Crippen molar-refractivity contribution in [3.05, 3.63) is 151 Å². The zero-order valence-electron chi connectivity index (χ0n) is 26.0. The van der Waals surface area contributed by atoms with E-state index in [0.717, 1.165) is 22.3 Å². The summed E-state index contributed by atoms with van der Waals surface area (Å²) >= 11 is 24.9. The smallest absolute Gasteiger partial charge is 0.252 e. The van der Waals surface area contributed by atoms with Crippen LogP contribution in [-0.4, -0.2) is 44.8 Å². The molecule has 246 valence electrons. The minimum Gasteiger partial charge on any atom is -0.353 e. The molecular formula is C37H33Cl4N5O2. The number of rotatable bonds is 13. The molecule has 1 fully saturated rings. The molecule has 0 spiro atoms. The van der Waals surface area contributed by atoms with Gasteiger partial charge < -0.3 is 10.2 Å². The Kier molecular flexibility index (Phi) is 10.7. The van der Waals surface area contributed by atoms with E-state index in [9.17, 15) is 9.59 Å². The van der Waals surface area contributed by atoms with E-state index >= 15 is 0 Å². The van der Waals surface area contributed by atoms with Gasteiger partial charge in [0.25, 0.3) is 5.91 Å². The highest BCUT2D eigenvalue weighted by molar-refractivity contribution is 6.35. The third kappa shape index (κ3) is 7.40. The molecule has 6 rings (SSSR count). The summed E-state index contributed by atoms with van der Waals surface area (Å²) in [5.41, 5.74) is 3.15. The number of aromatic nitrogens is 3. The predicted molar refractivity (Wildman–Crippen MR) is 191 cm³/mol. The van der Waals surface area contributed by atoms with Gasteiger partial charge >= 0.3 is 0 Å². The fourth-order valence-electron chi connectivity index (χ4n) is 6.27. The lowest BCUT2D eigenvalue weighted by molar-refractivity contribution is -0.168. The summed E-state index contributed by atoms with van der Waals surface area (Å²) < 4.78 is 0. The van der Waals surface area contributed by atoms with Crippen LogP contribution in [0.2, 0.25) is 20.1 Å². The highest BCUT2D eigenvalue weighted by Gasteiger charge is 2.59. The molecule has 11 heteroatoms. The summed E-state index contributed by atoms with van der Waals surface area (Å²) in [6.45, 7) is 1.08. The Bertz CT molecular complexity index is 1860. The first-order chi connectivity index (χ1) is 23.2. The second-order valence-corrected chi connectivity index (χ2v) is 13.5. The molecule has 0 aliphatic carbocycles. The molecule has 1 aliphatic rings. The van der Waals surface area contributed by atoms with E-state index in [4.69, 9.17) is 51.5 Å². The average Bonchev–Trinajstić information content (AvgIpc) is 3.55. The van der Waals surface area contributed by atoms with Gasteiger partial charge in [-0.15, -0.1) is 0 Å². The summed E-state index contributed by atoms with van der Waals surface area (Å²) in [5, 5.41) is 14.5. The lowest BCUT2D eigenvalue weighted by atomic mass is 9.78. The lowest BCUT2D eigenvalue weighted by Gasteiger charge is -2.49. The van der Waals surface area contributed by atoms with Crippen molar-refractivity contribution in [3.63, 3.8) is 0 Å². The average molecular weight is 722 g/mol. The highest BCUT2D eigenvalue weighted by atomic mass is 35.5. The largest absolute Gasteiger partial charge is 0.353 e. The molecule has 0 bridgehead atoms. The van der Waals surface area contributed by atoms with Crippen LogP contribution in [0.25, 0.3) is 0 Å². The Hall–Kier alpha value is -3.88. The van der Waals surface area contributed by atoms with Crippen LogP contribution in [0.4, 0.5) is 0 Å². The van der Waals surface area contributed by atoms with Gasteiger partial charge in [0.1, 0.15) is 5.69 Å². The van der Waals surface area contributed by atoms with Gasteiger partial charge in [0, 0.05) is 39.1 Å². The lowest BCUT2D eigenvalue weighted by Crippen LogP contribution is -2.68. The van der Waals surface area contributed by atoms with Crippen LogP contribution in [-0.2, 0) is 34.5 Å². The van der Waals surface area contributed by atoms with Gasteiger partial charge in [-0.05, 0) is 65.8 Å². The second-order valence-electron chi connectivity index (χ2n) is 11.8. The second kappa shape index (κ2) is 15.1. The quantitative estimate of drug-likeness (QED) is 0.125. The monoisotopic (exact) mass is 719 g/mol. The minimum absolute atomic E-state index is 0.0103. The molecule has 48 heavy (non-hydrogen) atoms. The molecule has 5 aromatic rings. The summed E-state index contributed by atoms with van der Waals surface area (Å²) in [7, 11) is 0. The zero-order valence-corrected chi connectivity index (χ0v) is 29.0. The summed E-state index contributed by atoms with van der Waals surface area (Å²) in [6, 6.07) is 31.1. The molecule has 7 nitrogen and oxygen atoms in total. The fraction of sp³-hybridized carbons (Fsp3) is 0.243. The van der Waals surface area contributed by atoms with E-state index in [0.29, 0.717) is 64.7 Å². The third-order valence-electron chi connectivity index (χ3n) is 8.84. The Morgan fingerprint density at radius 3 is 1.94 bits per heavy atom. The number of nitrogens with one attached hydrogen (secondary N) is 1. The topological polar surface area (TPSA) is 80.1 Å². The van der Waals surface area contributed by atoms with Crippen LogP contribution in [0.1, 0.15) is 46.7 Å². The summed E-state index contributed by atoms with van der Waals surface area (Å²) in [5.74, 6) is -0.405. The number of benzene rings is 4. The molecule has 2 heterocycles. The number of nitrogens with zero attached hydrogens (tertiary/aromatic N) is 4. The van der Waals surface area contributed by atoms with Crippen LogP contribution in [0.5, 0.6) is 0 Å². The third-order valence-corrected chi connectivity index (χ3v) is 10.0. The molecule has 0 saturated carbocycles.